The summed E-state index contributed by atoms with van der Waals surface area (Å²) < 4.78 is 2.09. The number of halogens is 1. The number of rotatable bonds is 2. The van der Waals surface area contributed by atoms with Gasteiger partial charge in [-0.15, -0.1) is 0 Å². The Labute approximate surface area is 148 Å². The zero-order chi connectivity index (χ0) is 16.4. The molecule has 2 bridgehead atoms. The Kier molecular flexibility index (Phi) is 3.27. The second-order valence-corrected chi connectivity index (χ2v) is 9.25. The van der Waals surface area contributed by atoms with E-state index in [0.717, 1.165) is 39.5 Å². The van der Waals surface area contributed by atoms with Gasteiger partial charge in [0.1, 0.15) is 0 Å². The summed E-state index contributed by atoms with van der Waals surface area (Å²) >= 11 is 4.99. The number of benzene rings is 1. The van der Waals surface area contributed by atoms with Crippen molar-refractivity contribution in [2.24, 2.45) is 16.7 Å². The van der Waals surface area contributed by atoms with E-state index >= 15 is 0 Å². The summed E-state index contributed by atoms with van der Waals surface area (Å²) in [4.78, 5) is 17.6. The number of nitrogens with zero attached hydrogens (tertiary/aromatic N) is 1. The number of anilines is 1. The second-order valence-electron chi connectivity index (χ2n) is 7.31. The van der Waals surface area contributed by atoms with Crippen LogP contribution < -0.4 is 5.32 Å². The van der Waals surface area contributed by atoms with Crippen molar-refractivity contribution in [2.45, 2.75) is 33.1 Å². The molecule has 2 fully saturated rings. The van der Waals surface area contributed by atoms with Crippen LogP contribution in [0.25, 0.3) is 10.2 Å². The molecule has 5 heteroatoms. The van der Waals surface area contributed by atoms with Gasteiger partial charge in [0.2, 0.25) is 5.91 Å². The van der Waals surface area contributed by atoms with Crippen molar-refractivity contribution in [3.63, 3.8) is 0 Å². The highest BCUT2D eigenvalue weighted by molar-refractivity contribution is 9.10. The van der Waals surface area contributed by atoms with E-state index < -0.39 is 5.41 Å². The van der Waals surface area contributed by atoms with E-state index in [1.807, 2.05) is 18.2 Å². The lowest BCUT2D eigenvalue weighted by atomic mass is 9.68. The van der Waals surface area contributed by atoms with Crippen molar-refractivity contribution in [3.8, 4) is 0 Å². The fourth-order valence-electron chi connectivity index (χ4n) is 4.31. The van der Waals surface area contributed by atoms with E-state index in [2.05, 4.69) is 46.7 Å². The highest BCUT2D eigenvalue weighted by atomic mass is 79.9. The zero-order valence-electron chi connectivity index (χ0n) is 13.3. The van der Waals surface area contributed by atoms with Crippen LogP contribution in [0.4, 0.5) is 5.13 Å². The van der Waals surface area contributed by atoms with E-state index in [1.54, 1.807) is 0 Å². The summed E-state index contributed by atoms with van der Waals surface area (Å²) in [5.41, 5.74) is 1.68. The smallest absolute Gasteiger partial charge is 0.236 e. The minimum absolute atomic E-state index is 0.0635. The topological polar surface area (TPSA) is 42.0 Å². The molecule has 0 saturated heterocycles. The molecule has 2 aliphatic carbocycles. The van der Waals surface area contributed by atoms with Gasteiger partial charge in [0.15, 0.2) is 5.13 Å². The number of fused-ring (bicyclic) bond motifs is 3. The Hall–Kier alpha value is -1.20. The first kappa shape index (κ1) is 15.3. The highest BCUT2D eigenvalue weighted by Crippen LogP contribution is 2.65. The van der Waals surface area contributed by atoms with Crippen molar-refractivity contribution in [1.82, 2.24) is 4.98 Å². The Morgan fingerprint density at radius 3 is 2.96 bits per heavy atom. The molecule has 2 aromatic rings. The van der Waals surface area contributed by atoms with Gasteiger partial charge in [-0.1, -0.05) is 53.3 Å². The quantitative estimate of drug-likeness (QED) is 0.699. The molecule has 4 rings (SSSR count). The summed E-state index contributed by atoms with van der Waals surface area (Å²) in [5.74, 6) is 0.653. The molecule has 0 radical (unpaired) electrons. The van der Waals surface area contributed by atoms with Crippen LogP contribution in [-0.4, -0.2) is 10.9 Å². The van der Waals surface area contributed by atoms with Gasteiger partial charge in [0.05, 0.1) is 15.6 Å². The third-order valence-corrected chi connectivity index (χ3v) is 7.32. The summed E-state index contributed by atoms with van der Waals surface area (Å²) in [6.07, 6.45) is 2.97. The van der Waals surface area contributed by atoms with E-state index in [-0.39, 0.29) is 11.3 Å². The minimum atomic E-state index is -0.396. The van der Waals surface area contributed by atoms with Crippen LogP contribution in [0, 0.1) is 16.7 Å². The molecule has 1 aromatic heterocycles. The van der Waals surface area contributed by atoms with Crippen molar-refractivity contribution in [2.75, 3.05) is 5.32 Å². The molecule has 23 heavy (non-hydrogen) atoms. The zero-order valence-corrected chi connectivity index (χ0v) is 15.7. The van der Waals surface area contributed by atoms with Crippen LogP contribution in [0.3, 0.4) is 0 Å². The van der Waals surface area contributed by atoms with Crippen LogP contribution >= 0.6 is 27.3 Å². The minimum Gasteiger partial charge on any atom is -0.301 e. The largest absolute Gasteiger partial charge is 0.301 e. The molecule has 0 aliphatic heterocycles. The third-order valence-electron chi connectivity index (χ3n) is 5.90. The Balaban J connectivity index is 1.63. The maximum absolute atomic E-state index is 13.0. The molecule has 1 amide bonds. The van der Waals surface area contributed by atoms with Crippen LogP contribution in [0.2, 0.25) is 0 Å². The molecular formula is C18H19BrN2OS. The molecule has 2 atom stereocenters. The molecule has 3 nitrogen and oxygen atoms in total. The first-order chi connectivity index (χ1) is 10.8. The first-order valence-corrected chi connectivity index (χ1v) is 9.51. The molecule has 2 saturated carbocycles. The summed E-state index contributed by atoms with van der Waals surface area (Å²) in [5, 5.41) is 3.75. The number of hydrogen-bond donors (Lipinski definition) is 1. The average molecular weight is 391 g/mol. The number of hydrogen-bond acceptors (Lipinski definition) is 3. The third kappa shape index (κ3) is 2.13. The number of carbonyl (C=O) groups is 1. The highest BCUT2D eigenvalue weighted by Gasteiger charge is 2.60. The summed E-state index contributed by atoms with van der Waals surface area (Å²) in [6.45, 7) is 8.75. The maximum atomic E-state index is 13.0. The monoisotopic (exact) mass is 390 g/mol. The van der Waals surface area contributed by atoms with Gasteiger partial charge in [-0.25, -0.2) is 4.98 Å². The lowest BCUT2D eigenvalue weighted by Gasteiger charge is -2.36. The molecular weight excluding hydrogens is 372 g/mol. The standard InChI is InChI=1S/C18H19BrN2OS/c1-10-17(2,3)11-6-7-18(10,9-11)15(22)21-16-20-13-5-4-12(19)8-14(13)23-16/h4-5,8,11H,1,6-7,9H2,2-3H3,(H,20,21,22)/t11-,18-/m0/s1. The average Bonchev–Trinajstić information content (AvgIpc) is 3.13. The molecule has 1 aromatic carbocycles. The van der Waals surface area contributed by atoms with Gasteiger partial charge >= 0.3 is 0 Å². The van der Waals surface area contributed by atoms with Crippen molar-refractivity contribution in [1.29, 1.82) is 0 Å². The van der Waals surface area contributed by atoms with Gasteiger partial charge in [-0.05, 0) is 48.8 Å². The Bertz CT molecular complexity index is 841. The van der Waals surface area contributed by atoms with Crippen molar-refractivity contribution < 1.29 is 4.79 Å². The van der Waals surface area contributed by atoms with Crippen LogP contribution in [0.1, 0.15) is 33.1 Å². The van der Waals surface area contributed by atoms with Gasteiger partial charge in [0.25, 0.3) is 0 Å². The van der Waals surface area contributed by atoms with E-state index in [4.69, 9.17) is 0 Å². The Morgan fingerprint density at radius 2 is 2.26 bits per heavy atom. The number of thiazole rings is 1. The fourth-order valence-corrected chi connectivity index (χ4v) is 5.72. The van der Waals surface area contributed by atoms with E-state index in [1.165, 1.54) is 11.3 Å². The lowest BCUT2D eigenvalue weighted by Crippen LogP contribution is -2.37. The van der Waals surface area contributed by atoms with Gasteiger partial charge in [-0.3, -0.25) is 4.79 Å². The molecule has 120 valence electrons. The first-order valence-electron chi connectivity index (χ1n) is 7.90. The predicted octanol–water partition coefficient (Wildman–Crippen LogP) is 5.38. The molecule has 0 unspecified atom stereocenters. The van der Waals surface area contributed by atoms with Crippen molar-refractivity contribution >= 4 is 48.5 Å². The predicted molar refractivity (Wildman–Crippen MR) is 98.6 cm³/mol. The van der Waals surface area contributed by atoms with Crippen molar-refractivity contribution in [3.05, 3.63) is 34.8 Å². The number of amides is 1. The second kappa shape index (κ2) is 4.90. The maximum Gasteiger partial charge on any atom is 0.236 e. The lowest BCUT2D eigenvalue weighted by molar-refractivity contribution is -0.123. The number of carbonyl (C=O) groups excluding carboxylic acids is 1. The van der Waals surface area contributed by atoms with Crippen LogP contribution in [0.15, 0.2) is 34.8 Å². The number of nitrogens with one attached hydrogen (secondary N) is 1. The summed E-state index contributed by atoms with van der Waals surface area (Å²) in [7, 11) is 0. The summed E-state index contributed by atoms with van der Waals surface area (Å²) in [6, 6.07) is 5.96. The Morgan fingerprint density at radius 1 is 1.48 bits per heavy atom. The van der Waals surface area contributed by atoms with Crippen LogP contribution in [0.5, 0.6) is 0 Å². The molecule has 1 N–H and O–H groups in total. The normalized spacial score (nSPS) is 28.5. The van der Waals surface area contributed by atoms with E-state index in [9.17, 15) is 4.79 Å². The van der Waals surface area contributed by atoms with Crippen LogP contribution in [-0.2, 0) is 4.79 Å². The van der Waals surface area contributed by atoms with E-state index in [0.29, 0.717) is 11.0 Å². The molecule has 1 heterocycles. The number of aromatic nitrogens is 1. The molecule has 0 spiro atoms. The van der Waals surface area contributed by atoms with Gasteiger partial charge < -0.3 is 5.32 Å². The van der Waals surface area contributed by atoms with Gasteiger partial charge in [0, 0.05) is 4.47 Å². The molecule has 2 aliphatic rings. The fraction of sp³-hybridized carbons (Fsp3) is 0.444. The van der Waals surface area contributed by atoms with Gasteiger partial charge in [-0.2, -0.15) is 0 Å². The SMILES string of the molecule is C=C1C(C)(C)[C@H]2CC[C@]1(C(=O)Nc1nc3ccc(Br)cc3s1)C2.